The highest BCUT2D eigenvalue weighted by Crippen LogP contribution is 2.19. The van der Waals surface area contributed by atoms with E-state index in [2.05, 4.69) is 23.6 Å². The predicted molar refractivity (Wildman–Crippen MR) is 67.6 cm³/mol. The molecule has 1 heterocycles. The molecule has 0 aliphatic carbocycles. The van der Waals surface area contributed by atoms with Crippen molar-refractivity contribution < 1.29 is 9.90 Å². The number of carbonyl (C=O) groups is 1. The van der Waals surface area contributed by atoms with E-state index in [0.29, 0.717) is 6.54 Å². The molecule has 90 valence electrons. The minimum absolute atomic E-state index is 0.192. The highest BCUT2D eigenvalue weighted by atomic mass is 16.4. The van der Waals surface area contributed by atoms with Gasteiger partial charge in [0.05, 0.1) is 5.92 Å². The first-order valence-electron chi connectivity index (χ1n) is 5.85. The maximum absolute atomic E-state index is 10.8. The Hall–Kier alpha value is -1.61. The molecule has 0 aromatic heterocycles. The zero-order valence-electron chi connectivity index (χ0n) is 9.80. The molecule has 3 nitrogen and oxygen atoms in total. The van der Waals surface area contributed by atoms with E-state index >= 15 is 0 Å². The smallest absolute Gasteiger partial charge is 0.307 e. The fraction of sp³-hybridized carbons (Fsp3) is 0.357. The van der Waals surface area contributed by atoms with Crippen LogP contribution < -0.4 is 0 Å². The number of likely N-dealkylation sites (tertiary alicyclic amines) is 1. The lowest BCUT2D eigenvalue weighted by atomic mass is 10.1. The molecule has 1 aromatic rings. The first-order chi connectivity index (χ1) is 8.19. The third-order valence-corrected chi connectivity index (χ3v) is 3.24. The number of nitrogens with zero attached hydrogens (tertiary/aromatic N) is 1. The van der Waals surface area contributed by atoms with Crippen LogP contribution in [0.3, 0.4) is 0 Å². The van der Waals surface area contributed by atoms with Gasteiger partial charge < -0.3 is 5.11 Å². The van der Waals surface area contributed by atoms with Crippen molar-refractivity contribution in [1.82, 2.24) is 4.90 Å². The summed E-state index contributed by atoms with van der Waals surface area (Å²) >= 11 is 0. The third-order valence-electron chi connectivity index (χ3n) is 3.24. The second kappa shape index (κ2) is 5.15. The van der Waals surface area contributed by atoms with Gasteiger partial charge >= 0.3 is 5.97 Å². The van der Waals surface area contributed by atoms with Crippen molar-refractivity contribution in [3.05, 3.63) is 42.0 Å². The molecule has 1 N–H and O–H groups in total. The van der Waals surface area contributed by atoms with Crippen molar-refractivity contribution >= 4 is 12.0 Å². The molecule has 0 saturated carbocycles. The van der Waals surface area contributed by atoms with E-state index in [1.54, 1.807) is 0 Å². The van der Waals surface area contributed by atoms with Gasteiger partial charge in [-0.1, -0.05) is 36.9 Å². The summed E-state index contributed by atoms with van der Waals surface area (Å²) in [4.78, 5) is 13.0. The molecule has 0 amide bonds. The van der Waals surface area contributed by atoms with Crippen LogP contribution in [0.15, 0.2) is 30.8 Å². The highest BCUT2D eigenvalue weighted by Gasteiger charge is 2.27. The van der Waals surface area contributed by atoms with Crippen LogP contribution >= 0.6 is 0 Å². The van der Waals surface area contributed by atoms with Crippen LogP contribution in [-0.4, -0.2) is 29.1 Å². The van der Waals surface area contributed by atoms with Crippen molar-refractivity contribution in [3.63, 3.8) is 0 Å². The van der Waals surface area contributed by atoms with Crippen LogP contribution in [0.2, 0.25) is 0 Å². The SMILES string of the molecule is C=Cc1ccc(CN2CC[C@H](C(=O)O)C2)cc1. The Kier molecular flexibility index (Phi) is 3.59. The molecular weight excluding hydrogens is 214 g/mol. The van der Waals surface area contributed by atoms with E-state index in [1.165, 1.54) is 5.56 Å². The zero-order chi connectivity index (χ0) is 12.3. The summed E-state index contributed by atoms with van der Waals surface area (Å²) in [5.74, 6) is -0.864. The quantitative estimate of drug-likeness (QED) is 0.864. The maximum atomic E-state index is 10.8. The van der Waals surface area contributed by atoms with Crippen molar-refractivity contribution in [2.24, 2.45) is 5.92 Å². The van der Waals surface area contributed by atoms with Gasteiger partial charge in [0.2, 0.25) is 0 Å². The summed E-state index contributed by atoms with van der Waals surface area (Å²) in [6, 6.07) is 8.22. The van der Waals surface area contributed by atoms with Crippen molar-refractivity contribution in [2.45, 2.75) is 13.0 Å². The average molecular weight is 231 g/mol. The van der Waals surface area contributed by atoms with E-state index < -0.39 is 5.97 Å². The van der Waals surface area contributed by atoms with E-state index in [9.17, 15) is 4.79 Å². The molecule has 1 saturated heterocycles. The fourth-order valence-corrected chi connectivity index (χ4v) is 2.20. The highest BCUT2D eigenvalue weighted by molar-refractivity contribution is 5.70. The number of carboxylic acid groups (broad SMARTS) is 1. The van der Waals surface area contributed by atoms with Crippen molar-refractivity contribution in [1.29, 1.82) is 0 Å². The van der Waals surface area contributed by atoms with Gasteiger partial charge in [0.15, 0.2) is 0 Å². The van der Waals surface area contributed by atoms with Gasteiger partial charge in [-0.15, -0.1) is 0 Å². The molecule has 0 bridgehead atoms. The summed E-state index contributed by atoms with van der Waals surface area (Å²) < 4.78 is 0. The lowest BCUT2D eigenvalue weighted by Gasteiger charge is -2.15. The zero-order valence-corrected chi connectivity index (χ0v) is 9.80. The molecule has 2 rings (SSSR count). The van der Waals surface area contributed by atoms with E-state index in [0.717, 1.165) is 25.1 Å². The maximum Gasteiger partial charge on any atom is 0.307 e. The summed E-state index contributed by atoms with van der Waals surface area (Å²) in [5.41, 5.74) is 2.33. The van der Waals surface area contributed by atoms with Gasteiger partial charge in [-0.25, -0.2) is 0 Å². The molecule has 1 atom stereocenters. The Morgan fingerprint density at radius 2 is 2.18 bits per heavy atom. The molecule has 1 aliphatic heterocycles. The third kappa shape index (κ3) is 2.94. The Labute approximate surface area is 101 Å². The van der Waals surface area contributed by atoms with Crippen LogP contribution in [0, 0.1) is 5.92 Å². The second-order valence-corrected chi connectivity index (χ2v) is 4.50. The molecule has 1 aliphatic rings. The standard InChI is InChI=1S/C14H17NO2/c1-2-11-3-5-12(6-4-11)9-15-8-7-13(10-15)14(16)17/h2-6,13H,1,7-10H2,(H,16,17)/t13-/m0/s1. The van der Waals surface area contributed by atoms with Crippen molar-refractivity contribution in [2.75, 3.05) is 13.1 Å². The van der Waals surface area contributed by atoms with Gasteiger partial charge in [0, 0.05) is 13.1 Å². The van der Waals surface area contributed by atoms with Gasteiger partial charge in [0.25, 0.3) is 0 Å². The summed E-state index contributed by atoms with van der Waals surface area (Å²) in [6.07, 6.45) is 2.58. The first kappa shape index (κ1) is 11.9. The fourth-order valence-electron chi connectivity index (χ4n) is 2.20. The number of carboxylic acids is 1. The number of benzene rings is 1. The summed E-state index contributed by atoms with van der Waals surface area (Å²) in [5, 5.41) is 8.93. The van der Waals surface area contributed by atoms with E-state index in [4.69, 9.17) is 5.11 Å². The Balaban J connectivity index is 1.93. The molecule has 0 unspecified atom stereocenters. The Morgan fingerprint density at radius 1 is 1.47 bits per heavy atom. The van der Waals surface area contributed by atoms with E-state index in [1.807, 2.05) is 18.2 Å². The number of hydrogen-bond donors (Lipinski definition) is 1. The van der Waals surface area contributed by atoms with Gasteiger partial charge in [-0.2, -0.15) is 0 Å². The average Bonchev–Trinajstić information content (AvgIpc) is 2.79. The molecule has 3 heteroatoms. The lowest BCUT2D eigenvalue weighted by Crippen LogP contribution is -2.22. The summed E-state index contributed by atoms with van der Waals surface area (Å²) in [7, 11) is 0. The minimum atomic E-state index is -0.672. The van der Waals surface area contributed by atoms with Gasteiger partial charge in [-0.05, 0) is 24.1 Å². The molecule has 0 radical (unpaired) electrons. The van der Waals surface area contributed by atoms with Crippen LogP contribution in [0.4, 0.5) is 0 Å². The molecular formula is C14H17NO2. The Morgan fingerprint density at radius 3 is 2.71 bits per heavy atom. The predicted octanol–water partition coefficient (Wildman–Crippen LogP) is 2.24. The topological polar surface area (TPSA) is 40.5 Å². The van der Waals surface area contributed by atoms with Crippen molar-refractivity contribution in [3.8, 4) is 0 Å². The van der Waals surface area contributed by atoms with Gasteiger partial charge in [0.1, 0.15) is 0 Å². The van der Waals surface area contributed by atoms with Crippen LogP contribution in [-0.2, 0) is 11.3 Å². The molecule has 1 fully saturated rings. The lowest BCUT2D eigenvalue weighted by molar-refractivity contribution is -0.141. The number of aliphatic carboxylic acids is 1. The number of rotatable bonds is 4. The van der Waals surface area contributed by atoms with Crippen LogP contribution in [0.5, 0.6) is 0 Å². The summed E-state index contributed by atoms with van der Waals surface area (Å²) in [6.45, 7) is 6.09. The molecule has 0 spiro atoms. The van der Waals surface area contributed by atoms with Crippen LogP contribution in [0.25, 0.3) is 6.08 Å². The monoisotopic (exact) mass is 231 g/mol. The van der Waals surface area contributed by atoms with Gasteiger partial charge in [-0.3, -0.25) is 9.69 Å². The van der Waals surface area contributed by atoms with Crippen LogP contribution in [0.1, 0.15) is 17.5 Å². The largest absolute Gasteiger partial charge is 0.481 e. The normalized spacial score (nSPS) is 20.4. The number of hydrogen-bond acceptors (Lipinski definition) is 2. The second-order valence-electron chi connectivity index (χ2n) is 4.50. The van der Waals surface area contributed by atoms with E-state index in [-0.39, 0.29) is 5.92 Å². The first-order valence-corrected chi connectivity index (χ1v) is 5.85. The minimum Gasteiger partial charge on any atom is -0.481 e. The molecule has 17 heavy (non-hydrogen) atoms. The Bertz CT molecular complexity index is 411. The molecule has 1 aromatic carbocycles.